The van der Waals surface area contributed by atoms with Crippen LogP contribution in [0.4, 0.5) is 5.69 Å². The molecule has 114 valence electrons. The van der Waals surface area contributed by atoms with Crippen LogP contribution >= 0.6 is 15.9 Å². The largest absolute Gasteiger partial charge is 0.325 e. The molecule has 0 fully saturated rings. The predicted molar refractivity (Wildman–Crippen MR) is 91.5 cm³/mol. The molecular weight excluding hydrogens is 328 g/mol. The molecule has 1 aromatic rings. The summed E-state index contributed by atoms with van der Waals surface area (Å²) in [6.45, 7) is 3.26. The molecule has 0 aromatic heterocycles. The maximum Gasteiger partial charge on any atom is 0.238 e. The van der Waals surface area contributed by atoms with Crippen molar-refractivity contribution < 1.29 is 4.79 Å². The van der Waals surface area contributed by atoms with E-state index in [2.05, 4.69) is 32.6 Å². The van der Waals surface area contributed by atoms with Gasteiger partial charge in [0.15, 0.2) is 0 Å². The Hall–Kier alpha value is -1.13. The normalized spacial score (nSPS) is 14.7. The molecule has 21 heavy (non-hydrogen) atoms. The molecule has 1 aromatic carbocycles. The van der Waals surface area contributed by atoms with Crippen LogP contribution in [0.3, 0.4) is 0 Å². The zero-order chi connectivity index (χ0) is 15.1. The monoisotopic (exact) mass is 350 g/mol. The lowest BCUT2D eigenvalue weighted by Crippen LogP contribution is -2.29. The zero-order valence-electron chi connectivity index (χ0n) is 12.5. The fraction of sp³-hybridized carbons (Fsp3) is 0.471. The SMILES string of the molecule is Cc1ccc(NC(=O)CNCCC2=CCCCC2)cc1Br. The van der Waals surface area contributed by atoms with Crippen molar-refractivity contribution in [3.63, 3.8) is 0 Å². The van der Waals surface area contributed by atoms with Gasteiger partial charge < -0.3 is 10.6 Å². The lowest BCUT2D eigenvalue weighted by atomic mass is 9.97. The van der Waals surface area contributed by atoms with Crippen LogP contribution in [0.15, 0.2) is 34.3 Å². The van der Waals surface area contributed by atoms with E-state index < -0.39 is 0 Å². The Balaban J connectivity index is 1.67. The number of carbonyl (C=O) groups excluding carboxylic acids is 1. The molecule has 2 rings (SSSR count). The van der Waals surface area contributed by atoms with Crippen LogP contribution in [-0.2, 0) is 4.79 Å². The first-order valence-corrected chi connectivity index (χ1v) is 8.39. The molecule has 2 N–H and O–H groups in total. The minimum atomic E-state index is 0.00313. The van der Waals surface area contributed by atoms with E-state index in [1.54, 1.807) is 0 Å². The van der Waals surface area contributed by atoms with Crippen LogP contribution in [0.1, 0.15) is 37.7 Å². The zero-order valence-corrected chi connectivity index (χ0v) is 14.1. The molecule has 3 nitrogen and oxygen atoms in total. The summed E-state index contributed by atoms with van der Waals surface area (Å²) in [5.74, 6) is 0.00313. The summed E-state index contributed by atoms with van der Waals surface area (Å²) in [6, 6.07) is 5.84. The second-order valence-corrected chi connectivity index (χ2v) is 6.40. The summed E-state index contributed by atoms with van der Waals surface area (Å²) >= 11 is 3.47. The lowest BCUT2D eigenvalue weighted by molar-refractivity contribution is -0.115. The van der Waals surface area contributed by atoms with Gasteiger partial charge in [0.2, 0.25) is 5.91 Å². The van der Waals surface area contributed by atoms with Gasteiger partial charge in [-0.05, 0) is 63.3 Å². The number of benzene rings is 1. The summed E-state index contributed by atoms with van der Waals surface area (Å²) < 4.78 is 1.01. The van der Waals surface area contributed by atoms with Gasteiger partial charge in [-0.1, -0.05) is 33.6 Å². The van der Waals surface area contributed by atoms with Crippen molar-refractivity contribution in [2.75, 3.05) is 18.4 Å². The van der Waals surface area contributed by atoms with Gasteiger partial charge in [-0.15, -0.1) is 0 Å². The van der Waals surface area contributed by atoms with Crippen LogP contribution in [0.5, 0.6) is 0 Å². The van der Waals surface area contributed by atoms with Crippen molar-refractivity contribution in [1.82, 2.24) is 5.32 Å². The molecule has 0 bridgehead atoms. The smallest absolute Gasteiger partial charge is 0.238 e. The van der Waals surface area contributed by atoms with E-state index in [4.69, 9.17) is 0 Å². The van der Waals surface area contributed by atoms with Crippen LogP contribution in [0, 0.1) is 6.92 Å². The third-order valence-electron chi connectivity index (χ3n) is 3.75. The summed E-state index contributed by atoms with van der Waals surface area (Å²) in [7, 11) is 0. The second-order valence-electron chi connectivity index (χ2n) is 5.55. The maximum absolute atomic E-state index is 11.9. The highest BCUT2D eigenvalue weighted by Gasteiger charge is 2.05. The number of nitrogens with one attached hydrogen (secondary N) is 2. The van der Waals surface area contributed by atoms with Gasteiger partial charge in [-0.3, -0.25) is 4.79 Å². The highest BCUT2D eigenvalue weighted by Crippen LogP contribution is 2.20. The third-order valence-corrected chi connectivity index (χ3v) is 4.60. The number of anilines is 1. The molecule has 0 radical (unpaired) electrons. The van der Waals surface area contributed by atoms with Crippen molar-refractivity contribution in [3.05, 3.63) is 39.9 Å². The molecule has 0 spiro atoms. The Labute approximate surface area is 135 Å². The molecule has 0 saturated carbocycles. The van der Waals surface area contributed by atoms with E-state index in [9.17, 15) is 4.79 Å². The van der Waals surface area contributed by atoms with Gasteiger partial charge in [0.25, 0.3) is 0 Å². The summed E-state index contributed by atoms with van der Waals surface area (Å²) in [5, 5.41) is 6.12. The standard InChI is InChI=1S/C17H23BrN2O/c1-13-7-8-15(11-16(13)18)20-17(21)12-19-10-9-14-5-3-2-4-6-14/h5,7-8,11,19H,2-4,6,9-10,12H2,1H3,(H,20,21). The van der Waals surface area contributed by atoms with Gasteiger partial charge in [-0.2, -0.15) is 0 Å². The average molecular weight is 351 g/mol. The fourth-order valence-corrected chi connectivity index (χ4v) is 2.84. The van der Waals surface area contributed by atoms with Crippen molar-refractivity contribution in [2.24, 2.45) is 0 Å². The van der Waals surface area contributed by atoms with Crippen molar-refractivity contribution in [3.8, 4) is 0 Å². The quantitative estimate of drug-likeness (QED) is 0.596. The molecule has 1 aliphatic rings. The second kappa shape index (κ2) is 8.35. The highest BCUT2D eigenvalue weighted by atomic mass is 79.9. The van der Waals surface area contributed by atoms with E-state index >= 15 is 0 Å². The number of amides is 1. The number of allylic oxidation sites excluding steroid dienone is 1. The van der Waals surface area contributed by atoms with Crippen LogP contribution in [-0.4, -0.2) is 19.0 Å². The predicted octanol–water partition coefficient (Wildman–Crippen LogP) is 4.18. The third kappa shape index (κ3) is 5.64. The van der Waals surface area contributed by atoms with Crippen LogP contribution < -0.4 is 10.6 Å². The first kappa shape index (κ1) is 16.2. The number of hydrogen-bond acceptors (Lipinski definition) is 2. The first-order valence-electron chi connectivity index (χ1n) is 7.60. The minimum Gasteiger partial charge on any atom is -0.325 e. The highest BCUT2D eigenvalue weighted by molar-refractivity contribution is 9.10. The Morgan fingerprint density at radius 2 is 2.19 bits per heavy atom. The van der Waals surface area contributed by atoms with Crippen LogP contribution in [0.2, 0.25) is 0 Å². The Morgan fingerprint density at radius 3 is 2.90 bits per heavy atom. The number of halogens is 1. The molecule has 4 heteroatoms. The van der Waals surface area contributed by atoms with Gasteiger partial charge >= 0.3 is 0 Å². The van der Waals surface area contributed by atoms with Gasteiger partial charge in [0.1, 0.15) is 0 Å². The average Bonchev–Trinajstić information content (AvgIpc) is 2.49. The van der Waals surface area contributed by atoms with E-state index in [1.807, 2.05) is 25.1 Å². The molecular formula is C17H23BrN2O. The molecule has 0 saturated heterocycles. The van der Waals surface area contributed by atoms with Gasteiger partial charge in [0.05, 0.1) is 6.54 Å². The Kier molecular flexibility index (Phi) is 6.46. The number of hydrogen-bond donors (Lipinski definition) is 2. The number of aryl methyl sites for hydroxylation is 1. The van der Waals surface area contributed by atoms with E-state index in [0.717, 1.165) is 28.7 Å². The molecule has 0 aliphatic heterocycles. The fourth-order valence-electron chi connectivity index (χ4n) is 2.46. The maximum atomic E-state index is 11.9. The van der Waals surface area contributed by atoms with Crippen molar-refractivity contribution >= 4 is 27.5 Å². The molecule has 0 atom stereocenters. The lowest BCUT2D eigenvalue weighted by Gasteiger charge is -2.13. The van der Waals surface area contributed by atoms with E-state index in [1.165, 1.54) is 31.3 Å². The summed E-state index contributed by atoms with van der Waals surface area (Å²) in [5.41, 5.74) is 3.53. The van der Waals surface area contributed by atoms with Gasteiger partial charge in [0, 0.05) is 10.2 Å². The van der Waals surface area contributed by atoms with E-state index in [0.29, 0.717) is 6.54 Å². The molecule has 1 aliphatic carbocycles. The Morgan fingerprint density at radius 1 is 1.33 bits per heavy atom. The summed E-state index contributed by atoms with van der Waals surface area (Å²) in [4.78, 5) is 11.9. The molecule has 1 amide bonds. The van der Waals surface area contributed by atoms with Crippen LogP contribution in [0.25, 0.3) is 0 Å². The first-order chi connectivity index (χ1) is 10.1. The number of carbonyl (C=O) groups is 1. The minimum absolute atomic E-state index is 0.00313. The Bertz CT molecular complexity index is 526. The molecule has 0 heterocycles. The summed E-state index contributed by atoms with van der Waals surface area (Å²) in [6.07, 6.45) is 8.50. The number of rotatable bonds is 6. The van der Waals surface area contributed by atoms with Crippen molar-refractivity contribution in [2.45, 2.75) is 39.0 Å². The van der Waals surface area contributed by atoms with E-state index in [-0.39, 0.29) is 5.91 Å². The van der Waals surface area contributed by atoms with Crippen molar-refractivity contribution in [1.29, 1.82) is 0 Å². The topological polar surface area (TPSA) is 41.1 Å². The van der Waals surface area contributed by atoms with Gasteiger partial charge in [-0.25, -0.2) is 0 Å². The molecule has 0 unspecified atom stereocenters.